The first-order chi connectivity index (χ1) is 31.7. The lowest BCUT2D eigenvalue weighted by Crippen LogP contribution is -1.95. The Labute approximate surface area is 370 Å². The zero-order chi connectivity index (χ0) is 41.9. The number of para-hydroxylation sites is 2. The lowest BCUT2D eigenvalue weighted by molar-refractivity contribution is 1.18. The maximum absolute atomic E-state index is 2.47. The van der Waals surface area contributed by atoms with Crippen molar-refractivity contribution in [2.24, 2.45) is 0 Å². The molecule has 2 aromatic heterocycles. The Balaban J connectivity index is 0.892. The summed E-state index contributed by atoms with van der Waals surface area (Å²) in [6.45, 7) is 0. The fourth-order valence-corrected chi connectivity index (χ4v) is 11.0. The van der Waals surface area contributed by atoms with Crippen molar-refractivity contribution in [1.29, 1.82) is 0 Å². The van der Waals surface area contributed by atoms with Gasteiger partial charge in [-0.1, -0.05) is 170 Å². The summed E-state index contributed by atoms with van der Waals surface area (Å²) in [6.07, 6.45) is 0. The van der Waals surface area contributed by atoms with Crippen LogP contribution in [0.2, 0.25) is 0 Å². The molecule has 296 valence electrons. The molecule has 0 amide bonds. The van der Waals surface area contributed by atoms with E-state index in [4.69, 9.17) is 0 Å². The first kappa shape index (κ1) is 35.2. The fraction of sp³-hybridized carbons (Fsp3) is 0. The van der Waals surface area contributed by atoms with E-state index in [9.17, 15) is 0 Å². The molecule has 0 unspecified atom stereocenters. The van der Waals surface area contributed by atoms with E-state index >= 15 is 0 Å². The molecule has 0 aliphatic heterocycles. The lowest BCUT2D eigenvalue weighted by Gasteiger charge is -2.14. The van der Waals surface area contributed by atoms with E-state index in [1.165, 1.54) is 126 Å². The van der Waals surface area contributed by atoms with Gasteiger partial charge in [-0.15, -0.1) is 0 Å². The highest BCUT2D eigenvalue weighted by Crippen LogP contribution is 2.49. The summed E-state index contributed by atoms with van der Waals surface area (Å²) in [7, 11) is 0. The van der Waals surface area contributed by atoms with Crippen molar-refractivity contribution in [3.8, 4) is 67.0 Å². The smallest absolute Gasteiger partial charge is 0.0619 e. The third-order valence-corrected chi connectivity index (χ3v) is 13.9. The van der Waals surface area contributed by atoms with Gasteiger partial charge in [-0.2, -0.15) is 0 Å². The van der Waals surface area contributed by atoms with Gasteiger partial charge in [0.15, 0.2) is 0 Å². The molecule has 0 N–H and O–H groups in total. The summed E-state index contributed by atoms with van der Waals surface area (Å²) in [5.74, 6) is 0. The van der Waals surface area contributed by atoms with E-state index in [1.807, 2.05) is 0 Å². The van der Waals surface area contributed by atoms with Gasteiger partial charge >= 0.3 is 0 Å². The number of fused-ring (bicyclic) bond motifs is 11. The number of benzene rings is 11. The van der Waals surface area contributed by atoms with Gasteiger partial charge in [0.25, 0.3) is 0 Å². The molecular formula is C62H38N2. The number of aromatic nitrogens is 2. The molecule has 14 rings (SSSR count). The molecular weight excluding hydrogens is 773 g/mol. The fourth-order valence-electron chi connectivity index (χ4n) is 11.0. The summed E-state index contributed by atoms with van der Waals surface area (Å²) in [5, 5.41) is 10.2. The van der Waals surface area contributed by atoms with Gasteiger partial charge < -0.3 is 9.13 Å². The largest absolute Gasteiger partial charge is 0.309 e. The van der Waals surface area contributed by atoms with Crippen LogP contribution in [-0.4, -0.2) is 9.13 Å². The zero-order valence-electron chi connectivity index (χ0n) is 34.8. The minimum Gasteiger partial charge on any atom is -0.309 e. The molecule has 2 nitrogen and oxygen atoms in total. The summed E-state index contributed by atoms with van der Waals surface area (Å²) in [6, 6.07) is 85.2. The lowest BCUT2D eigenvalue weighted by atomic mass is 9.92. The Morgan fingerprint density at radius 3 is 1.56 bits per heavy atom. The van der Waals surface area contributed by atoms with Crippen LogP contribution in [0.4, 0.5) is 0 Å². The van der Waals surface area contributed by atoms with E-state index in [1.54, 1.807) is 0 Å². The van der Waals surface area contributed by atoms with Gasteiger partial charge in [0, 0.05) is 38.3 Å². The molecule has 1 aliphatic carbocycles. The summed E-state index contributed by atoms with van der Waals surface area (Å²) >= 11 is 0. The van der Waals surface area contributed by atoms with Crippen LogP contribution >= 0.6 is 0 Å². The van der Waals surface area contributed by atoms with Gasteiger partial charge in [0.2, 0.25) is 0 Å². The summed E-state index contributed by atoms with van der Waals surface area (Å²) in [4.78, 5) is 0. The molecule has 0 bridgehead atoms. The van der Waals surface area contributed by atoms with Crippen LogP contribution in [0.3, 0.4) is 0 Å². The predicted molar refractivity (Wildman–Crippen MR) is 271 cm³/mol. The van der Waals surface area contributed by atoms with E-state index in [0.29, 0.717) is 0 Å². The van der Waals surface area contributed by atoms with Crippen LogP contribution in [0.1, 0.15) is 0 Å². The minimum atomic E-state index is 1.14. The Bertz CT molecular complexity index is 4050. The van der Waals surface area contributed by atoms with Gasteiger partial charge in [-0.05, 0) is 132 Å². The molecule has 0 saturated heterocycles. The van der Waals surface area contributed by atoms with Crippen molar-refractivity contribution < 1.29 is 0 Å². The van der Waals surface area contributed by atoms with Crippen molar-refractivity contribution in [3.05, 3.63) is 231 Å². The summed E-state index contributed by atoms with van der Waals surface area (Å²) in [5.41, 5.74) is 19.8. The molecule has 2 heteroatoms. The Hall–Kier alpha value is -8.46. The minimum absolute atomic E-state index is 1.14. The second-order valence-electron chi connectivity index (χ2n) is 17.2. The average Bonchev–Trinajstić information content (AvgIpc) is 4.00. The quantitative estimate of drug-likeness (QED) is 0.164. The van der Waals surface area contributed by atoms with Crippen molar-refractivity contribution >= 4 is 65.2 Å². The average molecular weight is 811 g/mol. The molecule has 0 radical (unpaired) electrons. The van der Waals surface area contributed by atoms with Gasteiger partial charge in [-0.25, -0.2) is 0 Å². The topological polar surface area (TPSA) is 9.86 Å². The first-order valence-electron chi connectivity index (χ1n) is 22.2. The van der Waals surface area contributed by atoms with Crippen molar-refractivity contribution in [2.45, 2.75) is 0 Å². The van der Waals surface area contributed by atoms with Crippen LogP contribution < -0.4 is 0 Å². The monoisotopic (exact) mass is 810 g/mol. The van der Waals surface area contributed by atoms with E-state index in [2.05, 4.69) is 240 Å². The number of hydrogen-bond donors (Lipinski definition) is 0. The summed E-state index contributed by atoms with van der Waals surface area (Å²) < 4.78 is 4.86. The first-order valence-corrected chi connectivity index (χ1v) is 22.2. The SMILES string of the molecule is c1ccc(-n2c3ccccc3c3cc(-c4ccc5c(c4)c4ccc6ccccc6c4n5-c4ccc(-c5ccccc5-c5ccc6c(c5)-c5cccc7cccc-6c57)cc4)ccc32)cc1. The highest BCUT2D eigenvalue weighted by molar-refractivity contribution is 6.20. The second-order valence-corrected chi connectivity index (χ2v) is 17.2. The Kier molecular flexibility index (Phi) is 7.43. The van der Waals surface area contributed by atoms with Gasteiger partial charge in [0.1, 0.15) is 0 Å². The molecule has 1 aliphatic rings. The maximum atomic E-state index is 2.47. The molecule has 0 atom stereocenters. The number of nitrogens with zero attached hydrogens (tertiary/aromatic N) is 2. The Morgan fingerprint density at radius 2 is 0.781 bits per heavy atom. The second kappa shape index (κ2) is 13.5. The predicted octanol–water partition coefficient (Wildman–Crippen LogP) is 16.8. The highest BCUT2D eigenvalue weighted by Gasteiger charge is 2.23. The van der Waals surface area contributed by atoms with E-state index < -0.39 is 0 Å². The highest BCUT2D eigenvalue weighted by atomic mass is 15.0. The molecule has 2 heterocycles. The van der Waals surface area contributed by atoms with Crippen LogP contribution in [0.15, 0.2) is 231 Å². The van der Waals surface area contributed by atoms with Crippen LogP contribution in [0.25, 0.3) is 132 Å². The molecule has 0 spiro atoms. The molecule has 0 fully saturated rings. The van der Waals surface area contributed by atoms with Crippen LogP contribution in [0, 0.1) is 0 Å². The molecule has 13 aromatic rings. The van der Waals surface area contributed by atoms with Crippen LogP contribution in [0.5, 0.6) is 0 Å². The number of rotatable bonds is 5. The standard InChI is InChI=1S/C62H38N2/c1-2-15-45(16-3-1)63-58-23-9-8-20-51(58)56-36-42(28-34-59(56)63)43-29-35-60-57(37-43)54-33-26-39-12-4-5-19-49(39)62(54)64(60)46-30-24-40(25-31-46)47-17-6-7-18-48(47)44-27-32-50-52-21-10-13-41-14-11-22-53(61(41)52)55(50)38-44/h1-38H. The third-order valence-electron chi connectivity index (χ3n) is 13.9. The van der Waals surface area contributed by atoms with Crippen LogP contribution in [-0.2, 0) is 0 Å². The molecule has 0 saturated carbocycles. The van der Waals surface area contributed by atoms with Crippen molar-refractivity contribution in [3.63, 3.8) is 0 Å². The van der Waals surface area contributed by atoms with Gasteiger partial charge in [0.05, 0.1) is 22.1 Å². The normalized spacial score (nSPS) is 12.1. The third kappa shape index (κ3) is 5.08. The Morgan fingerprint density at radius 1 is 0.234 bits per heavy atom. The molecule has 11 aromatic carbocycles. The van der Waals surface area contributed by atoms with Crippen molar-refractivity contribution in [2.75, 3.05) is 0 Å². The number of hydrogen-bond acceptors (Lipinski definition) is 0. The maximum Gasteiger partial charge on any atom is 0.0619 e. The molecule has 64 heavy (non-hydrogen) atoms. The van der Waals surface area contributed by atoms with Crippen molar-refractivity contribution in [1.82, 2.24) is 9.13 Å². The van der Waals surface area contributed by atoms with E-state index in [0.717, 1.165) is 5.69 Å². The zero-order valence-corrected chi connectivity index (χ0v) is 34.8. The van der Waals surface area contributed by atoms with Gasteiger partial charge in [-0.3, -0.25) is 0 Å². The van der Waals surface area contributed by atoms with E-state index in [-0.39, 0.29) is 0 Å².